The summed E-state index contributed by atoms with van der Waals surface area (Å²) >= 11 is 0. The first kappa shape index (κ1) is 12.0. The van der Waals surface area contributed by atoms with Gasteiger partial charge in [-0.25, -0.2) is 0 Å². The highest BCUT2D eigenvalue weighted by molar-refractivity contribution is 5.61. The molecule has 98 valence electrons. The van der Waals surface area contributed by atoms with Crippen LogP contribution in [0.4, 0.5) is 5.69 Å². The van der Waals surface area contributed by atoms with Crippen LogP contribution in [0.2, 0.25) is 0 Å². The summed E-state index contributed by atoms with van der Waals surface area (Å²) in [6.07, 6.45) is 3.90. The lowest BCUT2D eigenvalue weighted by Crippen LogP contribution is -2.39. The highest BCUT2D eigenvalue weighted by atomic mass is 15.1. The average molecular weight is 244 g/mol. The molecule has 1 N–H and O–H groups in total. The highest BCUT2D eigenvalue weighted by Gasteiger charge is 2.27. The number of benzene rings is 1. The predicted octanol–water partition coefficient (Wildman–Crippen LogP) is 3.28. The number of para-hydroxylation sites is 1. The van der Waals surface area contributed by atoms with E-state index in [9.17, 15) is 0 Å². The van der Waals surface area contributed by atoms with Gasteiger partial charge in [-0.05, 0) is 42.3 Å². The number of hydrogen-bond acceptors (Lipinski definition) is 2. The zero-order valence-electron chi connectivity index (χ0n) is 11.6. The molecular formula is C16H24N2. The molecule has 0 aliphatic carbocycles. The molecule has 0 unspecified atom stereocenters. The molecule has 0 radical (unpaired) electrons. The van der Waals surface area contributed by atoms with E-state index in [1.165, 1.54) is 49.2 Å². The van der Waals surface area contributed by atoms with Gasteiger partial charge >= 0.3 is 0 Å². The van der Waals surface area contributed by atoms with Crippen LogP contribution in [0.5, 0.6) is 0 Å². The lowest BCUT2D eigenvalue weighted by atomic mass is 9.84. The third-order valence-corrected chi connectivity index (χ3v) is 4.31. The van der Waals surface area contributed by atoms with Crippen LogP contribution in [0.25, 0.3) is 0 Å². The molecule has 1 aromatic carbocycles. The van der Waals surface area contributed by atoms with Gasteiger partial charge < -0.3 is 5.32 Å². The molecule has 0 spiro atoms. The normalized spacial score (nSPS) is 22.6. The average Bonchev–Trinajstić information content (AvgIpc) is 2.77. The Morgan fingerprint density at radius 2 is 2.22 bits per heavy atom. The zero-order chi connectivity index (χ0) is 12.6. The number of anilines is 1. The first-order chi connectivity index (χ1) is 8.64. The number of rotatable bonds is 2. The van der Waals surface area contributed by atoms with Gasteiger partial charge in [-0.2, -0.15) is 0 Å². The van der Waals surface area contributed by atoms with Crippen LogP contribution >= 0.6 is 0 Å². The summed E-state index contributed by atoms with van der Waals surface area (Å²) in [6, 6.07) is 6.77. The molecule has 2 nitrogen and oxygen atoms in total. The second-order valence-corrected chi connectivity index (χ2v) is 6.61. The monoisotopic (exact) mass is 244 g/mol. The van der Waals surface area contributed by atoms with E-state index in [1.807, 2.05) is 0 Å². The number of fused-ring (bicyclic) bond motifs is 1. The van der Waals surface area contributed by atoms with E-state index < -0.39 is 0 Å². The Kier molecular flexibility index (Phi) is 3.06. The topological polar surface area (TPSA) is 15.3 Å². The second-order valence-electron chi connectivity index (χ2n) is 6.61. The van der Waals surface area contributed by atoms with Crippen molar-refractivity contribution in [2.45, 2.75) is 39.7 Å². The van der Waals surface area contributed by atoms with Gasteiger partial charge in [0.1, 0.15) is 0 Å². The van der Waals surface area contributed by atoms with Gasteiger partial charge in [-0.1, -0.05) is 32.0 Å². The number of hydrogen-bond donors (Lipinski definition) is 1. The van der Waals surface area contributed by atoms with Gasteiger partial charge in [0.15, 0.2) is 0 Å². The van der Waals surface area contributed by atoms with E-state index in [4.69, 9.17) is 0 Å². The molecule has 0 aromatic heterocycles. The van der Waals surface area contributed by atoms with Crippen LogP contribution in [-0.4, -0.2) is 24.5 Å². The highest BCUT2D eigenvalue weighted by Crippen LogP contribution is 2.32. The molecule has 0 saturated carbocycles. The Bertz CT molecular complexity index is 437. The minimum Gasteiger partial charge on any atom is -0.384 e. The summed E-state index contributed by atoms with van der Waals surface area (Å²) in [5, 5.41) is 3.55. The molecule has 2 aliphatic heterocycles. The van der Waals surface area contributed by atoms with Crippen LogP contribution in [0.15, 0.2) is 18.2 Å². The lowest BCUT2D eigenvalue weighted by Gasteiger charge is -2.38. The largest absolute Gasteiger partial charge is 0.384 e. The van der Waals surface area contributed by atoms with Crippen LogP contribution in [0.1, 0.15) is 37.8 Å². The van der Waals surface area contributed by atoms with Gasteiger partial charge in [0, 0.05) is 25.3 Å². The van der Waals surface area contributed by atoms with Crippen molar-refractivity contribution in [3.05, 3.63) is 29.3 Å². The summed E-state index contributed by atoms with van der Waals surface area (Å²) in [4.78, 5) is 2.62. The first-order valence-corrected chi connectivity index (χ1v) is 7.21. The number of likely N-dealkylation sites (tertiary alicyclic amines) is 1. The summed E-state index contributed by atoms with van der Waals surface area (Å²) < 4.78 is 0. The van der Waals surface area contributed by atoms with Crippen molar-refractivity contribution < 1.29 is 0 Å². The van der Waals surface area contributed by atoms with E-state index >= 15 is 0 Å². The zero-order valence-corrected chi connectivity index (χ0v) is 11.6. The maximum atomic E-state index is 3.55. The molecule has 18 heavy (non-hydrogen) atoms. The van der Waals surface area contributed by atoms with Crippen molar-refractivity contribution >= 4 is 5.69 Å². The lowest BCUT2D eigenvalue weighted by molar-refractivity contribution is 0.112. The summed E-state index contributed by atoms with van der Waals surface area (Å²) in [5.74, 6) is 0. The van der Waals surface area contributed by atoms with E-state index in [1.54, 1.807) is 0 Å². The van der Waals surface area contributed by atoms with E-state index in [0.29, 0.717) is 5.41 Å². The van der Waals surface area contributed by atoms with Crippen molar-refractivity contribution in [1.82, 2.24) is 4.90 Å². The quantitative estimate of drug-likeness (QED) is 0.859. The molecule has 2 heteroatoms. The van der Waals surface area contributed by atoms with Crippen LogP contribution in [0, 0.1) is 5.41 Å². The van der Waals surface area contributed by atoms with E-state index in [-0.39, 0.29) is 0 Å². The van der Waals surface area contributed by atoms with Gasteiger partial charge in [-0.15, -0.1) is 0 Å². The molecule has 0 atom stereocenters. The fourth-order valence-corrected chi connectivity index (χ4v) is 3.46. The van der Waals surface area contributed by atoms with Gasteiger partial charge in [0.25, 0.3) is 0 Å². The third kappa shape index (κ3) is 2.39. The number of piperidine rings is 1. The Labute approximate surface area is 110 Å². The minimum absolute atomic E-state index is 0.490. The standard InChI is InChI=1S/C16H24N2/c1-16(2)8-4-10-18(12-16)11-14-6-3-5-13-7-9-17-15(13)14/h3,5-6,17H,4,7-12H2,1-2H3. The molecule has 3 rings (SSSR count). The molecule has 1 saturated heterocycles. The fraction of sp³-hybridized carbons (Fsp3) is 0.625. The molecule has 2 aliphatic rings. The van der Waals surface area contributed by atoms with Crippen molar-refractivity contribution in [3.8, 4) is 0 Å². The minimum atomic E-state index is 0.490. The second kappa shape index (κ2) is 4.58. The van der Waals surface area contributed by atoms with E-state index in [0.717, 1.165) is 13.1 Å². The van der Waals surface area contributed by atoms with Crippen LogP contribution in [-0.2, 0) is 13.0 Å². The molecule has 1 fully saturated rings. The molecule has 0 bridgehead atoms. The Balaban J connectivity index is 1.75. The van der Waals surface area contributed by atoms with Gasteiger partial charge in [0.05, 0.1) is 0 Å². The number of nitrogens with one attached hydrogen (secondary N) is 1. The molecule has 2 heterocycles. The Hall–Kier alpha value is -1.02. The molecule has 0 amide bonds. The van der Waals surface area contributed by atoms with Crippen LogP contribution < -0.4 is 5.32 Å². The van der Waals surface area contributed by atoms with Crippen molar-refractivity contribution in [2.24, 2.45) is 5.41 Å². The van der Waals surface area contributed by atoms with Crippen molar-refractivity contribution in [1.29, 1.82) is 0 Å². The SMILES string of the molecule is CC1(C)CCCN(Cc2cccc3c2NCC3)C1. The van der Waals surface area contributed by atoms with Gasteiger partial charge in [0.2, 0.25) is 0 Å². The molecular weight excluding hydrogens is 220 g/mol. The maximum absolute atomic E-state index is 3.55. The summed E-state index contributed by atoms with van der Waals surface area (Å²) in [7, 11) is 0. The molecule has 1 aromatic rings. The predicted molar refractivity (Wildman–Crippen MR) is 76.9 cm³/mol. The first-order valence-electron chi connectivity index (χ1n) is 7.21. The summed E-state index contributed by atoms with van der Waals surface area (Å²) in [5.41, 5.74) is 4.90. The van der Waals surface area contributed by atoms with Crippen molar-refractivity contribution in [3.63, 3.8) is 0 Å². The smallest absolute Gasteiger partial charge is 0.0419 e. The van der Waals surface area contributed by atoms with Crippen molar-refractivity contribution in [2.75, 3.05) is 25.0 Å². The fourth-order valence-electron chi connectivity index (χ4n) is 3.46. The number of nitrogens with zero attached hydrogens (tertiary/aromatic N) is 1. The van der Waals surface area contributed by atoms with Gasteiger partial charge in [-0.3, -0.25) is 4.90 Å². The third-order valence-electron chi connectivity index (χ3n) is 4.31. The maximum Gasteiger partial charge on any atom is 0.0419 e. The summed E-state index contributed by atoms with van der Waals surface area (Å²) in [6.45, 7) is 9.50. The van der Waals surface area contributed by atoms with Crippen LogP contribution in [0.3, 0.4) is 0 Å². The Morgan fingerprint density at radius 3 is 3.06 bits per heavy atom. The Morgan fingerprint density at radius 1 is 1.33 bits per heavy atom. The van der Waals surface area contributed by atoms with E-state index in [2.05, 4.69) is 42.3 Å².